The molecule has 4 aliphatic carbocycles. The number of hydrogen-bond acceptors (Lipinski definition) is 2. The van der Waals surface area contributed by atoms with Gasteiger partial charge >= 0.3 is 0 Å². The lowest BCUT2D eigenvalue weighted by atomic mass is 9.53. The summed E-state index contributed by atoms with van der Waals surface area (Å²) in [5.74, 6) is 3.05. The molecule has 4 aliphatic rings. The average molecular weight is 359 g/mol. The number of unbranched alkanes of at least 4 members (excludes halogenated alkanes) is 2. The number of hydrogen-bond donors (Lipinski definition) is 0. The van der Waals surface area contributed by atoms with Crippen LogP contribution in [0, 0.1) is 17.8 Å². The lowest BCUT2D eigenvalue weighted by molar-refractivity contribution is -0.776. The van der Waals surface area contributed by atoms with Gasteiger partial charge in [0.2, 0.25) is 0 Å². The fourth-order valence-electron chi connectivity index (χ4n) is 6.39. The van der Waals surface area contributed by atoms with Gasteiger partial charge in [0, 0.05) is 50.2 Å². The van der Waals surface area contributed by atoms with E-state index >= 15 is 0 Å². The zero-order valence-electron chi connectivity index (χ0n) is 16.9. The van der Waals surface area contributed by atoms with Crippen molar-refractivity contribution in [2.24, 2.45) is 17.8 Å². The Morgan fingerprint density at radius 2 is 1.35 bits per heavy atom. The van der Waals surface area contributed by atoms with E-state index in [1.54, 1.807) is 0 Å². The highest BCUT2D eigenvalue weighted by atomic mass is 16.0. The van der Waals surface area contributed by atoms with Gasteiger partial charge in [-0.25, -0.2) is 0 Å². The van der Waals surface area contributed by atoms with E-state index in [9.17, 15) is 0 Å². The Morgan fingerprint density at radius 3 is 1.77 bits per heavy atom. The molecule has 0 atom stereocenters. The fourth-order valence-corrected chi connectivity index (χ4v) is 6.39. The van der Waals surface area contributed by atoms with Crippen LogP contribution in [-0.2, 0) is 5.54 Å². The Bertz CT molecular complexity index is 525. The van der Waals surface area contributed by atoms with Crippen LogP contribution in [0.25, 0.3) is 0 Å². The monoisotopic (exact) mass is 358 g/mol. The Hall–Kier alpha value is -1.09. The molecule has 4 fully saturated rings. The maximum Gasteiger partial charge on any atom is 0.171 e. The molecule has 0 aliphatic heterocycles. The van der Waals surface area contributed by atoms with Crippen molar-refractivity contribution in [1.82, 2.24) is 0 Å². The minimum Gasteiger partial charge on any atom is -0.870 e. The van der Waals surface area contributed by atoms with E-state index in [2.05, 4.69) is 47.8 Å². The highest BCUT2D eigenvalue weighted by molar-refractivity contribution is 5.43. The summed E-state index contributed by atoms with van der Waals surface area (Å²) in [5.41, 5.74) is 1.90. The first-order valence-corrected chi connectivity index (χ1v) is 11.0. The normalized spacial score (nSPS) is 31.7. The smallest absolute Gasteiger partial charge is 0.171 e. The maximum atomic E-state index is 2.62. The topological polar surface area (TPSA) is 37.1 Å². The van der Waals surface area contributed by atoms with Crippen molar-refractivity contribution >= 4 is 5.69 Å². The summed E-state index contributed by atoms with van der Waals surface area (Å²) in [4.78, 5) is 2.61. The Labute approximate surface area is 160 Å². The number of aromatic nitrogens is 1. The summed E-state index contributed by atoms with van der Waals surface area (Å²) in [6, 6.07) is 4.81. The number of rotatable bonds is 8. The first-order chi connectivity index (χ1) is 12.2. The summed E-state index contributed by atoms with van der Waals surface area (Å²) in [6.45, 7) is 7.00. The van der Waals surface area contributed by atoms with Crippen molar-refractivity contribution in [3.8, 4) is 0 Å². The van der Waals surface area contributed by atoms with Crippen LogP contribution >= 0.6 is 0 Å². The lowest BCUT2D eigenvalue weighted by Crippen LogP contribution is -2.64. The molecule has 0 aromatic carbocycles. The molecule has 3 heteroatoms. The maximum absolute atomic E-state index is 2.62. The second-order valence-electron chi connectivity index (χ2n) is 9.30. The summed E-state index contributed by atoms with van der Waals surface area (Å²) in [5, 5.41) is 0. The predicted molar refractivity (Wildman–Crippen MR) is 107 cm³/mol. The van der Waals surface area contributed by atoms with Crippen LogP contribution in [0.3, 0.4) is 0 Å². The standard InChI is InChI=1S/C23H37N2.H2O/c1-3-5-9-24(10-6-4-2)22-7-11-25(12-8-22)23-16-19-13-20(17-23)15-21(14-19)18-23;/h7-8,11-12,19-21H,3-6,9-10,13-18H2,1-2H3;1H2/q+1;/p-1. The summed E-state index contributed by atoms with van der Waals surface area (Å²) in [7, 11) is 0. The molecule has 0 unspecified atom stereocenters. The zero-order chi connectivity index (χ0) is 17.3. The van der Waals surface area contributed by atoms with E-state index in [0.717, 1.165) is 17.8 Å². The summed E-state index contributed by atoms with van der Waals surface area (Å²) in [6.07, 6.45) is 18.9. The second kappa shape index (κ2) is 8.29. The molecule has 5 rings (SSSR count). The van der Waals surface area contributed by atoms with Gasteiger partial charge in [-0.05, 0) is 49.9 Å². The Kier molecular flexibility index (Phi) is 6.27. The zero-order valence-corrected chi connectivity index (χ0v) is 16.9. The van der Waals surface area contributed by atoms with E-state index in [0.29, 0.717) is 5.54 Å². The highest BCUT2D eigenvalue weighted by Gasteiger charge is 2.56. The van der Waals surface area contributed by atoms with Crippen LogP contribution in [0.4, 0.5) is 5.69 Å². The minimum absolute atomic E-state index is 0. The van der Waals surface area contributed by atoms with Gasteiger partial charge in [-0.1, -0.05) is 26.7 Å². The number of nitrogens with zero attached hydrogens (tertiary/aromatic N) is 2. The molecule has 0 amide bonds. The van der Waals surface area contributed by atoms with Crippen LogP contribution < -0.4 is 9.47 Å². The van der Waals surface area contributed by atoms with Crippen molar-refractivity contribution in [1.29, 1.82) is 0 Å². The molecule has 0 saturated heterocycles. The first-order valence-electron chi connectivity index (χ1n) is 11.0. The van der Waals surface area contributed by atoms with Crippen LogP contribution in [0.5, 0.6) is 0 Å². The third kappa shape index (κ3) is 3.78. The molecule has 4 bridgehead atoms. The molecule has 146 valence electrons. The lowest BCUT2D eigenvalue weighted by Gasteiger charge is -2.53. The second-order valence-corrected chi connectivity index (χ2v) is 9.30. The van der Waals surface area contributed by atoms with Crippen LogP contribution in [0.15, 0.2) is 24.5 Å². The van der Waals surface area contributed by atoms with Crippen LogP contribution in [0.2, 0.25) is 0 Å². The van der Waals surface area contributed by atoms with E-state index in [4.69, 9.17) is 0 Å². The molecule has 1 aromatic rings. The molecule has 0 radical (unpaired) electrons. The predicted octanol–water partition coefficient (Wildman–Crippen LogP) is 5.13. The number of pyridine rings is 1. The molecule has 3 nitrogen and oxygen atoms in total. The molecule has 1 N–H and O–H groups in total. The first kappa shape index (κ1) is 19.7. The Balaban J connectivity index is 0.00000196. The molecule has 1 heterocycles. The Morgan fingerprint density at radius 1 is 0.885 bits per heavy atom. The third-order valence-corrected chi connectivity index (χ3v) is 7.29. The fraction of sp³-hybridized carbons (Fsp3) is 0.783. The molecular weight excluding hydrogens is 320 g/mol. The quantitative estimate of drug-likeness (QED) is 0.604. The minimum atomic E-state index is 0. The van der Waals surface area contributed by atoms with E-state index in [-0.39, 0.29) is 5.48 Å². The molecule has 0 spiro atoms. The largest absolute Gasteiger partial charge is 0.870 e. The molecule has 1 aromatic heterocycles. The van der Waals surface area contributed by atoms with Gasteiger partial charge in [0.05, 0.1) is 0 Å². The van der Waals surface area contributed by atoms with E-state index in [1.165, 1.54) is 83.0 Å². The van der Waals surface area contributed by atoms with Gasteiger partial charge < -0.3 is 10.4 Å². The summed E-state index contributed by atoms with van der Waals surface area (Å²) >= 11 is 0. The van der Waals surface area contributed by atoms with Gasteiger partial charge in [-0.3, -0.25) is 0 Å². The van der Waals surface area contributed by atoms with E-state index in [1.807, 2.05) is 0 Å². The molecule has 26 heavy (non-hydrogen) atoms. The van der Waals surface area contributed by atoms with Crippen molar-refractivity contribution in [3.63, 3.8) is 0 Å². The third-order valence-electron chi connectivity index (χ3n) is 7.29. The van der Waals surface area contributed by atoms with Crippen molar-refractivity contribution in [2.45, 2.75) is 83.6 Å². The van der Waals surface area contributed by atoms with Gasteiger partial charge in [-0.15, -0.1) is 0 Å². The summed E-state index contributed by atoms with van der Waals surface area (Å²) < 4.78 is 2.62. The van der Waals surface area contributed by atoms with Crippen molar-refractivity contribution in [3.05, 3.63) is 24.5 Å². The number of anilines is 1. The molecular formula is C23H38N2O. The average Bonchev–Trinajstić information content (AvgIpc) is 2.61. The SMILES string of the molecule is CCCCN(CCCC)c1cc[n+](C23CC4CC(CC(C4)C2)C3)cc1.[OH-]. The van der Waals surface area contributed by atoms with Gasteiger partial charge in [-0.2, -0.15) is 4.57 Å². The van der Waals surface area contributed by atoms with E-state index < -0.39 is 0 Å². The van der Waals surface area contributed by atoms with Gasteiger partial charge in [0.15, 0.2) is 17.9 Å². The van der Waals surface area contributed by atoms with Crippen molar-refractivity contribution < 1.29 is 10.0 Å². The van der Waals surface area contributed by atoms with Crippen molar-refractivity contribution in [2.75, 3.05) is 18.0 Å². The van der Waals surface area contributed by atoms with Crippen LogP contribution in [-0.4, -0.2) is 18.6 Å². The van der Waals surface area contributed by atoms with Crippen LogP contribution in [0.1, 0.15) is 78.1 Å². The van der Waals surface area contributed by atoms with Gasteiger partial charge in [0.1, 0.15) is 0 Å². The van der Waals surface area contributed by atoms with Gasteiger partial charge in [0.25, 0.3) is 0 Å². The molecule has 4 saturated carbocycles. The highest BCUT2D eigenvalue weighted by Crippen LogP contribution is 2.56.